The average Bonchev–Trinajstić information content (AvgIpc) is 3.04. The first-order valence-electron chi connectivity index (χ1n) is 8.16. The molecule has 1 amide bonds. The van der Waals surface area contributed by atoms with E-state index in [1.165, 1.54) is 43.4 Å². The second-order valence-electron chi connectivity index (χ2n) is 6.03. The second kappa shape index (κ2) is 7.66. The third-order valence-corrected chi connectivity index (χ3v) is 5.23. The summed E-state index contributed by atoms with van der Waals surface area (Å²) in [6, 6.07) is 7.79. The van der Waals surface area contributed by atoms with Crippen LogP contribution in [0.1, 0.15) is 54.2 Å². The zero-order valence-corrected chi connectivity index (χ0v) is 13.9. The van der Waals surface area contributed by atoms with Crippen molar-refractivity contribution < 1.29 is 4.79 Å². The molecule has 1 aliphatic carbocycles. The average molecular weight is 330 g/mol. The molecule has 0 unspecified atom stereocenters. The Morgan fingerprint density at radius 1 is 1.22 bits per heavy atom. The van der Waals surface area contributed by atoms with Gasteiger partial charge in [0.2, 0.25) is 11.0 Å². The smallest absolute Gasteiger partial charge is 0.230 e. The predicted octanol–water partition coefficient (Wildman–Crippen LogP) is 3.23. The van der Waals surface area contributed by atoms with Crippen LogP contribution in [0.2, 0.25) is 0 Å². The quantitative estimate of drug-likeness (QED) is 0.882. The molecule has 1 fully saturated rings. The molecule has 1 aromatic carbocycles. The van der Waals surface area contributed by atoms with Crippen molar-refractivity contribution in [3.8, 4) is 0 Å². The molecule has 1 aliphatic rings. The van der Waals surface area contributed by atoms with E-state index in [0.717, 1.165) is 16.1 Å². The number of carbonyl (C=O) groups excluding carboxylic acids is 1. The molecule has 0 bridgehead atoms. The van der Waals surface area contributed by atoms with Crippen molar-refractivity contribution >= 4 is 22.4 Å². The fraction of sp³-hybridized carbons (Fsp3) is 0.471. The molecule has 5 nitrogen and oxygen atoms in total. The topological polar surface area (TPSA) is 80.9 Å². The molecule has 2 aromatic rings. The third kappa shape index (κ3) is 4.36. The number of rotatable bonds is 5. The van der Waals surface area contributed by atoms with Crippen LogP contribution >= 0.6 is 11.3 Å². The Kier molecular flexibility index (Phi) is 5.35. The van der Waals surface area contributed by atoms with Crippen molar-refractivity contribution in [2.45, 2.75) is 51.0 Å². The van der Waals surface area contributed by atoms with E-state index in [4.69, 9.17) is 5.73 Å². The van der Waals surface area contributed by atoms with Crippen molar-refractivity contribution in [1.29, 1.82) is 0 Å². The Hall–Kier alpha value is -1.79. The van der Waals surface area contributed by atoms with Crippen LogP contribution in [-0.4, -0.2) is 16.1 Å². The number of anilines is 1. The largest absolute Gasteiger partial charge is 0.326 e. The van der Waals surface area contributed by atoms with Gasteiger partial charge in [-0.05, 0) is 24.0 Å². The van der Waals surface area contributed by atoms with E-state index in [1.807, 2.05) is 24.3 Å². The third-order valence-electron chi connectivity index (χ3n) is 4.23. The molecule has 1 saturated carbocycles. The Balaban J connectivity index is 1.58. The Morgan fingerprint density at radius 3 is 2.78 bits per heavy atom. The standard InChI is InChI=1S/C17H22N4OS/c18-11-13-6-4-5-12(9-13)10-15(22)19-17-21-20-16(23-17)14-7-2-1-3-8-14/h4-6,9,14H,1-3,7-8,10-11,18H2,(H,19,21,22). The highest BCUT2D eigenvalue weighted by molar-refractivity contribution is 7.15. The van der Waals surface area contributed by atoms with Gasteiger partial charge in [0, 0.05) is 12.5 Å². The van der Waals surface area contributed by atoms with E-state index < -0.39 is 0 Å². The summed E-state index contributed by atoms with van der Waals surface area (Å²) in [5, 5.41) is 12.9. The number of aromatic nitrogens is 2. The maximum absolute atomic E-state index is 12.2. The zero-order chi connectivity index (χ0) is 16.1. The molecule has 1 heterocycles. The zero-order valence-electron chi connectivity index (χ0n) is 13.1. The number of nitrogens with two attached hydrogens (primary N) is 1. The number of benzene rings is 1. The minimum Gasteiger partial charge on any atom is -0.326 e. The predicted molar refractivity (Wildman–Crippen MR) is 92.4 cm³/mol. The van der Waals surface area contributed by atoms with Gasteiger partial charge in [-0.3, -0.25) is 4.79 Å². The Bertz CT molecular complexity index is 664. The van der Waals surface area contributed by atoms with Crippen LogP contribution in [0.15, 0.2) is 24.3 Å². The first kappa shape index (κ1) is 16.1. The molecule has 0 atom stereocenters. The second-order valence-corrected chi connectivity index (χ2v) is 7.04. The van der Waals surface area contributed by atoms with E-state index in [-0.39, 0.29) is 5.91 Å². The molecule has 3 N–H and O–H groups in total. The van der Waals surface area contributed by atoms with Crippen LogP contribution in [0.5, 0.6) is 0 Å². The normalized spacial score (nSPS) is 15.5. The lowest BCUT2D eigenvalue weighted by Gasteiger charge is -2.18. The molecule has 1 aromatic heterocycles. The summed E-state index contributed by atoms with van der Waals surface area (Å²) < 4.78 is 0. The van der Waals surface area contributed by atoms with Gasteiger partial charge in [0.05, 0.1) is 6.42 Å². The highest BCUT2D eigenvalue weighted by atomic mass is 32.1. The van der Waals surface area contributed by atoms with Crippen LogP contribution in [0.4, 0.5) is 5.13 Å². The van der Waals surface area contributed by atoms with Crippen LogP contribution in [0.25, 0.3) is 0 Å². The maximum atomic E-state index is 12.2. The first-order valence-corrected chi connectivity index (χ1v) is 8.97. The lowest BCUT2D eigenvalue weighted by atomic mass is 9.90. The molecule has 0 saturated heterocycles. The summed E-state index contributed by atoms with van der Waals surface area (Å²) in [6.45, 7) is 0.483. The van der Waals surface area contributed by atoms with E-state index in [0.29, 0.717) is 24.0 Å². The molecule has 3 rings (SSSR count). The van der Waals surface area contributed by atoms with Gasteiger partial charge in [-0.15, -0.1) is 10.2 Å². The van der Waals surface area contributed by atoms with Gasteiger partial charge in [0.15, 0.2) is 0 Å². The minimum absolute atomic E-state index is 0.0643. The molecule has 6 heteroatoms. The summed E-state index contributed by atoms with van der Waals surface area (Å²) in [5.74, 6) is 0.457. The molecular weight excluding hydrogens is 308 g/mol. The van der Waals surface area contributed by atoms with Gasteiger partial charge in [-0.25, -0.2) is 0 Å². The minimum atomic E-state index is -0.0643. The van der Waals surface area contributed by atoms with Gasteiger partial charge in [-0.1, -0.05) is 54.9 Å². The van der Waals surface area contributed by atoms with Gasteiger partial charge in [0.25, 0.3) is 0 Å². The van der Waals surface area contributed by atoms with Crippen molar-refractivity contribution in [2.75, 3.05) is 5.32 Å². The molecule has 0 aliphatic heterocycles. The summed E-state index contributed by atoms with van der Waals surface area (Å²) in [4.78, 5) is 12.2. The summed E-state index contributed by atoms with van der Waals surface area (Å²) in [5.41, 5.74) is 7.62. The number of hydrogen-bond donors (Lipinski definition) is 2. The van der Waals surface area contributed by atoms with Gasteiger partial charge in [0.1, 0.15) is 5.01 Å². The molecule has 122 valence electrons. The fourth-order valence-corrected chi connectivity index (χ4v) is 3.94. The van der Waals surface area contributed by atoms with Crippen LogP contribution < -0.4 is 11.1 Å². The highest BCUT2D eigenvalue weighted by Crippen LogP contribution is 2.35. The van der Waals surface area contributed by atoms with Gasteiger partial charge in [-0.2, -0.15) is 0 Å². The summed E-state index contributed by atoms with van der Waals surface area (Å²) in [7, 11) is 0. The van der Waals surface area contributed by atoms with Crippen molar-refractivity contribution in [1.82, 2.24) is 10.2 Å². The van der Waals surface area contributed by atoms with E-state index in [2.05, 4.69) is 15.5 Å². The molecule has 0 spiro atoms. The Labute approximate surface area is 140 Å². The van der Waals surface area contributed by atoms with E-state index in [9.17, 15) is 4.79 Å². The van der Waals surface area contributed by atoms with Gasteiger partial charge >= 0.3 is 0 Å². The number of nitrogens with zero attached hydrogens (tertiary/aromatic N) is 2. The van der Waals surface area contributed by atoms with Crippen LogP contribution in [-0.2, 0) is 17.8 Å². The molecule has 23 heavy (non-hydrogen) atoms. The first-order chi connectivity index (χ1) is 11.2. The number of carbonyl (C=O) groups is 1. The fourth-order valence-electron chi connectivity index (χ4n) is 3.02. The lowest BCUT2D eigenvalue weighted by Crippen LogP contribution is -2.14. The van der Waals surface area contributed by atoms with Crippen molar-refractivity contribution in [2.24, 2.45) is 5.73 Å². The molecule has 0 radical (unpaired) electrons. The van der Waals surface area contributed by atoms with Crippen molar-refractivity contribution in [3.05, 3.63) is 40.4 Å². The van der Waals surface area contributed by atoms with E-state index in [1.54, 1.807) is 0 Å². The van der Waals surface area contributed by atoms with Gasteiger partial charge < -0.3 is 11.1 Å². The van der Waals surface area contributed by atoms with E-state index >= 15 is 0 Å². The van der Waals surface area contributed by atoms with Crippen LogP contribution in [0.3, 0.4) is 0 Å². The Morgan fingerprint density at radius 2 is 2.00 bits per heavy atom. The number of amides is 1. The molecular formula is C17H22N4OS. The van der Waals surface area contributed by atoms with Crippen LogP contribution in [0, 0.1) is 0 Å². The monoisotopic (exact) mass is 330 g/mol. The maximum Gasteiger partial charge on any atom is 0.230 e. The summed E-state index contributed by atoms with van der Waals surface area (Å²) >= 11 is 1.51. The summed E-state index contributed by atoms with van der Waals surface area (Å²) in [6.07, 6.45) is 6.56. The number of hydrogen-bond acceptors (Lipinski definition) is 5. The SMILES string of the molecule is NCc1cccc(CC(=O)Nc2nnc(C3CCCCC3)s2)c1. The van der Waals surface area contributed by atoms with Crippen molar-refractivity contribution in [3.63, 3.8) is 0 Å². The lowest BCUT2D eigenvalue weighted by molar-refractivity contribution is -0.115. The highest BCUT2D eigenvalue weighted by Gasteiger charge is 2.20. The number of nitrogens with one attached hydrogen (secondary N) is 1.